The van der Waals surface area contributed by atoms with Crippen molar-refractivity contribution in [2.24, 2.45) is 5.73 Å². The Kier molecular flexibility index (Phi) is 4.63. The van der Waals surface area contributed by atoms with E-state index in [1.165, 1.54) is 21.6 Å². The van der Waals surface area contributed by atoms with Gasteiger partial charge in [-0.15, -0.1) is 11.3 Å². The molecule has 0 saturated heterocycles. The maximum atomic E-state index is 10.7. The summed E-state index contributed by atoms with van der Waals surface area (Å²) in [5.41, 5.74) is 10.8. The van der Waals surface area contributed by atoms with Crippen LogP contribution in [0.2, 0.25) is 0 Å². The van der Waals surface area contributed by atoms with Gasteiger partial charge in [0.15, 0.2) is 0 Å². The smallest absolute Gasteiger partial charge is 0.0962 e. The fourth-order valence-electron chi connectivity index (χ4n) is 2.39. The van der Waals surface area contributed by atoms with Crippen molar-refractivity contribution < 1.29 is 5.11 Å². The van der Waals surface area contributed by atoms with Crippen LogP contribution in [0.1, 0.15) is 44.0 Å². The van der Waals surface area contributed by atoms with Crippen molar-refractivity contribution in [2.45, 2.75) is 39.7 Å². The Morgan fingerprint density at radius 2 is 1.75 bits per heavy atom. The Labute approximate surface area is 125 Å². The lowest BCUT2D eigenvalue weighted by atomic mass is 9.90. The molecule has 0 saturated carbocycles. The zero-order chi connectivity index (χ0) is 14.9. The lowest BCUT2D eigenvalue weighted by Gasteiger charge is -2.22. The largest absolute Gasteiger partial charge is 0.387 e. The van der Waals surface area contributed by atoms with Gasteiger partial charge in [-0.25, -0.2) is 0 Å². The molecule has 2 aromatic rings. The Morgan fingerprint density at radius 3 is 2.25 bits per heavy atom. The van der Waals surface area contributed by atoms with E-state index in [9.17, 15) is 5.11 Å². The van der Waals surface area contributed by atoms with E-state index in [0.717, 1.165) is 10.4 Å². The van der Waals surface area contributed by atoms with Crippen LogP contribution in [-0.4, -0.2) is 11.7 Å². The molecule has 0 aliphatic heterocycles. The van der Waals surface area contributed by atoms with Crippen molar-refractivity contribution in [1.29, 1.82) is 0 Å². The third-order valence-electron chi connectivity index (χ3n) is 4.07. The highest BCUT2D eigenvalue weighted by Crippen LogP contribution is 2.35. The zero-order valence-corrected chi connectivity index (χ0v) is 13.4. The predicted molar refractivity (Wildman–Crippen MR) is 86.5 cm³/mol. The third-order valence-corrected chi connectivity index (χ3v) is 5.29. The Hall–Kier alpha value is -1.16. The van der Waals surface area contributed by atoms with Crippen molar-refractivity contribution in [3.63, 3.8) is 0 Å². The number of hydrogen-bond acceptors (Lipinski definition) is 3. The average molecular weight is 289 g/mol. The molecule has 2 rings (SSSR count). The van der Waals surface area contributed by atoms with Crippen LogP contribution in [0.15, 0.2) is 24.3 Å². The molecule has 2 nitrogen and oxygen atoms in total. The summed E-state index contributed by atoms with van der Waals surface area (Å²) in [6.07, 6.45) is -0.528. The summed E-state index contributed by atoms with van der Waals surface area (Å²) < 4.78 is 0. The van der Waals surface area contributed by atoms with Gasteiger partial charge in [0.2, 0.25) is 0 Å². The molecule has 3 N–H and O–H groups in total. The summed E-state index contributed by atoms with van der Waals surface area (Å²) in [5, 5.41) is 10.7. The summed E-state index contributed by atoms with van der Waals surface area (Å²) in [6, 6.07) is 8.40. The summed E-state index contributed by atoms with van der Waals surface area (Å²) in [6.45, 7) is 8.80. The first kappa shape index (κ1) is 15.2. The van der Waals surface area contributed by atoms with Gasteiger partial charge in [0, 0.05) is 22.2 Å². The van der Waals surface area contributed by atoms with E-state index in [1.54, 1.807) is 11.3 Å². The quantitative estimate of drug-likeness (QED) is 0.900. The van der Waals surface area contributed by atoms with Crippen molar-refractivity contribution in [2.75, 3.05) is 6.54 Å². The fourth-order valence-corrected chi connectivity index (χ4v) is 3.48. The molecule has 0 fully saturated rings. The Bertz CT molecular complexity index is 584. The van der Waals surface area contributed by atoms with Crippen molar-refractivity contribution in [3.8, 4) is 0 Å². The maximum absolute atomic E-state index is 10.7. The molecule has 0 radical (unpaired) electrons. The molecule has 0 bridgehead atoms. The topological polar surface area (TPSA) is 46.2 Å². The van der Waals surface area contributed by atoms with Gasteiger partial charge >= 0.3 is 0 Å². The van der Waals surface area contributed by atoms with E-state index < -0.39 is 6.10 Å². The standard InChI is InChI=1S/C17H23NOS/c1-10-5-6-14(7-11(10)2)15(9-18)17(19)16-8-12(3)13(4)20-16/h5-8,15,17,19H,9,18H2,1-4H3. The maximum Gasteiger partial charge on any atom is 0.0962 e. The van der Waals surface area contributed by atoms with E-state index in [0.29, 0.717) is 6.54 Å². The first-order valence-corrected chi connectivity index (χ1v) is 7.78. The van der Waals surface area contributed by atoms with Crippen LogP contribution in [0, 0.1) is 27.7 Å². The number of aliphatic hydroxyl groups excluding tert-OH is 1. The number of hydrogen-bond donors (Lipinski definition) is 2. The van der Waals surface area contributed by atoms with Crippen molar-refractivity contribution in [3.05, 3.63) is 56.3 Å². The molecule has 0 aliphatic carbocycles. The van der Waals surface area contributed by atoms with E-state index in [4.69, 9.17) is 5.73 Å². The van der Waals surface area contributed by atoms with Crippen molar-refractivity contribution >= 4 is 11.3 Å². The number of benzene rings is 1. The van der Waals surface area contributed by atoms with E-state index in [2.05, 4.69) is 52.0 Å². The predicted octanol–water partition coefficient (Wildman–Crippen LogP) is 3.76. The van der Waals surface area contributed by atoms with Crippen LogP contribution in [0.25, 0.3) is 0 Å². The number of aryl methyl sites for hydroxylation is 4. The molecule has 3 heteroatoms. The van der Waals surface area contributed by atoms with Crippen LogP contribution >= 0.6 is 11.3 Å². The third kappa shape index (κ3) is 2.95. The number of rotatable bonds is 4. The second-order valence-corrected chi connectivity index (χ2v) is 6.81. The molecule has 2 atom stereocenters. The van der Waals surface area contributed by atoms with Gasteiger partial charge in [0.25, 0.3) is 0 Å². The van der Waals surface area contributed by atoms with Crippen LogP contribution in [-0.2, 0) is 0 Å². The Balaban J connectivity index is 2.33. The van der Waals surface area contributed by atoms with E-state index >= 15 is 0 Å². The van der Waals surface area contributed by atoms with Gasteiger partial charge in [0.05, 0.1) is 6.10 Å². The fraction of sp³-hybridized carbons (Fsp3) is 0.412. The molecule has 0 spiro atoms. The molecule has 0 amide bonds. The second-order valence-electron chi connectivity index (χ2n) is 5.52. The minimum Gasteiger partial charge on any atom is -0.387 e. The number of nitrogens with two attached hydrogens (primary N) is 1. The summed E-state index contributed by atoms with van der Waals surface area (Å²) >= 11 is 1.66. The lowest BCUT2D eigenvalue weighted by molar-refractivity contribution is 0.151. The first-order chi connectivity index (χ1) is 9.43. The molecule has 0 aliphatic rings. The SMILES string of the molecule is Cc1ccc(C(CN)C(O)c2cc(C)c(C)s2)cc1C. The normalized spacial score (nSPS) is 14.3. The average Bonchev–Trinajstić information content (AvgIpc) is 2.74. The van der Waals surface area contributed by atoms with Gasteiger partial charge in [-0.2, -0.15) is 0 Å². The zero-order valence-electron chi connectivity index (χ0n) is 12.6. The molecule has 2 unspecified atom stereocenters. The summed E-state index contributed by atoms with van der Waals surface area (Å²) in [5.74, 6) is -0.0493. The highest BCUT2D eigenvalue weighted by Gasteiger charge is 2.23. The molecule has 20 heavy (non-hydrogen) atoms. The molecular weight excluding hydrogens is 266 g/mol. The van der Waals surface area contributed by atoms with Gasteiger partial charge in [-0.05, 0) is 56.0 Å². The van der Waals surface area contributed by atoms with Gasteiger partial charge in [-0.1, -0.05) is 18.2 Å². The summed E-state index contributed by atoms with van der Waals surface area (Å²) in [7, 11) is 0. The highest BCUT2D eigenvalue weighted by atomic mass is 32.1. The number of thiophene rings is 1. The molecule has 1 heterocycles. The van der Waals surface area contributed by atoms with Crippen LogP contribution in [0.3, 0.4) is 0 Å². The second kappa shape index (κ2) is 6.08. The lowest BCUT2D eigenvalue weighted by Crippen LogP contribution is -2.19. The van der Waals surface area contributed by atoms with Crippen LogP contribution < -0.4 is 5.73 Å². The highest BCUT2D eigenvalue weighted by molar-refractivity contribution is 7.12. The first-order valence-electron chi connectivity index (χ1n) is 6.96. The number of aliphatic hydroxyl groups is 1. The van der Waals surface area contributed by atoms with Crippen LogP contribution in [0.4, 0.5) is 0 Å². The van der Waals surface area contributed by atoms with Gasteiger partial charge in [-0.3, -0.25) is 0 Å². The molecule has 1 aromatic heterocycles. The molecular formula is C17H23NOS. The van der Waals surface area contributed by atoms with Crippen LogP contribution in [0.5, 0.6) is 0 Å². The van der Waals surface area contributed by atoms with Crippen molar-refractivity contribution in [1.82, 2.24) is 0 Å². The van der Waals surface area contributed by atoms with E-state index in [1.807, 2.05) is 0 Å². The Morgan fingerprint density at radius 1 is 1.05 bits per heavy atom. The summed E-state index contributed by atoms with van der Waals surface area (Å²) in [4.78, 5) is 2.27. The van der Waals surface area contributed by atoms with Gasteiger partial charge in [0.1, 0.15) is 0 Å². The van der Waals surface area contributed by atoms with Gasteiger partial charge < -0.3 is 10.8 Å². The van der Waals surface area contributed by atoms with E-state index in [-0.39, 0.29) is 5.92 Å². The molecule has 108 valence electrons. The molecule has 1 aromatic carbocycles. The minimum atomic E-state index is -0.528. The monoisotopic (exact) mass is 289 g/mol. The minimum absolute atomic E-state index is 0.0493.